The molecule has 0 unspecified atom stereocenters. The highest BCUT2D eigenvalue weighted by atomic mass is 16.5. The number of pyridine rings is 1. The number of aryl methyl sites for hydroxylation is 1. The molecule has 2 aromatic heterocycles. The topological polar surface area (TPSA) is 113 Å². The first-order valence-electron chi connectivity index (χ1n) is 9.33. The zero-order chi connectivity index (χ0) is 21.6. The average molecular weight is 411 g/mol. The molecule has 30 heavy (non-hydrogen) atoms. The van der Waals surface area contributed by atoms with Crippen molar-refractivity contribution in [3.63, 3.8) is 0 Å². The van der Waals surface area contributed by atoms with Gasteiger partial charge in [0, 0.05) is 25.2 Å². The maximum absolute atomic E-state index is 12.9. The van der Waals surface area contributed by atoms with Gasteiger partial charge in [-0.25, -0.2) is 9.78 Å². The minimum atomic E-state index is -0.553. The predicted octanol–water partition coefficient (Wildman–Crippen LogP) is 1.56. The molecule has 0 aliphatic heterocycles. The Balaban J connectivity index is 1.90. The fraction of sp³-hybridized carbons (Fsp3) is 0.333. The first-order valence-corrected chi connectivity index (χ1v) is 9.33. The largest absolute Gasteiger partial charge is 0.493 e. The number of fused-ring (bicyclic) bond motifs is 3. The second-order valence-corrected chi connectivity index (χ2v) is 7.15. The summed E-state index contributed by atoms with van der Waals surface area (Å²) in [5.74, 6) is 1.13. The van der Waals surface area contributed by atoms with Gasteiger partial charge in [-0.2, -0.15) is 0 Å². The molecule has 1 aliphatic carbocycles. The molecule has 1 aliphatic rings. The third-order valence-corrected chi connectivity index (χ3v) is 5.58. The van der Waals surface area contributed by atoms with Crippen LogP contribution in [-0.4, -0.2) is 41.6 Å². The first-order chi connectivity index (χ1) is 14.4. The number of nitrogens with one attached hydrogen (secondary N) is 1. The molecular weight excluding hydrogens is 390 g/mol. The first kappa shape index (κ1) is 19.7. The summed E-state index contributed by atoms with van der Waals surface area (Å²) in [6.45, 7) is 0. The molecule has 0 saturated heterocycles. The number of ether oxygens (including phenoxy) is 3. The summed E-state index contributed by atoms with van der Waals surface area (Å²) in [7, 11) is 6.11. The number of Topliss-reactive ketones (excluding diaryl/α,β-unsaturated/α-hetero) is 1. The van der Waals surface area contributed by atoms with E-state index >= 15 is 0 Å². The van der Waals surface area contributed by atoms with Gasteiger partial charge in [0.05, 0.1) is 26.7 Å². The number of hydrogen-bond donors (Lipinski definition) is 1. The molecule has 1 N–H and O–H groups in total. The van der Waals surface area contributed by atoms with Gasteiger partial charge in [0.25, 0.3) is 5.56 Å². The van der Waals surface area contributed by atoms with E-state index in [0.717, 1.165) is 5.56 Å². The molecule has 156 valence electrons. The van der Waals surface area contributed by atoms with Gasteiger partial charge in [0.1, 0.15) is 5.65 Å². The molecule has 0 radical (unpaired) electrons. The fourth-order valence-electron chi connectivity index (χ4n) is 4.05. The lowest BCUT2D eigenvalue weighted by molar-refractivity contribution is 0.0964. The number of hydrogen-bond acceptors (Lipinski definition) is 7. The highest BCUT2D eigenvalue weighted by Crippen LogP contribution is 2.43. The summed E-state index contributed by atoms with van der Waals surface area (Å²) in [6.07, 6.45) is 2.13. The van der Waals surface area contributed by atoms with E-state index in [-0.39, 0.29) is 29.2 Å². The van der Waals surface area contributed by atoms with Gasteiger partial charge in [-0.1, -0.05) is 0 Å². The smallest absolute Gasteiger partial charge is 0.329 e. The number of aromatic nitrogens is 3. The van der Waals surface area contributed by atoms with E-state index in [0.29, 0.717) is 34.8 Å². The molecule has 0 saturated carbocycles. The van der Waals surface area contributed by atoms with E-state index < -0.39 is 11.2 Å². The van der Waals surface area contributed by atoms with Gasteiger partial charge in [0.2, 0.25) is 5.75 Å². The highest BCUT2D eigenvalue weighted by molar-refractivity contribution is 6.02. The maximum Gasteiger partial charge on any atom is 0.329 e. The Labute approximate surface area is 171 Å². The molecule has 3 aromatic rings. The Morgan fingerprint density at radius 2 is 1.70 bits per heavy atom. The predicted molar refractivity (Wildman–Crippen MR) is 109 cm³/mol. The Hall–Kier alpha value is -3.62. The van der Waals surface area contributed by atoms with Crippen molar-refractivity contribution in [2.75, 3.05) is 21.3 Å². The van der Waals surface area contributed by atoms with Gasteiger partial charge in [-0.3, -0.25) is 19.1 Å². The standard InChI is InChI=1S/C21H21N3O6/c1-24-19-17(20(26)23-21(24)27)12-5-10(6-14(25)13(12)9-22-19)11-7-15(28-2)18(30-4)16(8-11)29-3/h7-10H,5-6H2,1-4H3,(H,23,26,27)/t10-/m0/s1. The fourth-order valence-corrected chi connectivity index (χ4v) is 4.05. The normalized spacial score (nSPS) is 15.7. The van der Waals surface area contributed by atoms with E-state index in [1.54, 1.807) is 0 Å². The van der Waals surface area contributed by atoms with Crippen molar-refractivity contribution in [2.45, 2.75) is 18.8 Å². The van der Waals surface area contributed by atoms with E-state index in [1.807, 2.05) is 12.1 Å². The Kier molecular flexibility index (Phi) is 4.81. The monoisotopic (exact) mass is 411 g/mol. The zero-order valence-electron chi connectivity index (χ0n) is 17.1. The molecule has 1 aromatic carbocycles. The van der Waals surface area contributed by atoms with Crippen molar-refractivity contribution in [3.8, 4) is 17.2 Å². The SMILES string of the molecule is COc1cc([C@@H]2CC(=O)c3cnc4c(c3C2)c(=O)[nH]c(=O)n4C)cc(OC)c1OC. The number of H-pyrrole nitrogens is 1. The number of aromatic amines is 1. The number of rotatable bonds is 4. The third-order valence-electron chi connectivity index (χ3n) is 5.58. The Morgan fingerprint density at radius 1 is 1.03 bits per heavy atom. The summed E-state index contributed by atoms with van der Waals surface area (Å²) in [5.41, 5.74) is 0.983. The van der Waals surface area contributed by atoms with Crippen LogP contribution in [-0.2, 0) is 13.5 Å². The van der Waals surface area contributed by atoms with Gasteiger partial charge in [-0.15, -0.1) is 0 Å². The molecular formula is C21H21N3O6. The van der Waals surface area contributed by atoms with Crippen LogP contribution in [0.15, 0.2) is 27.9 Å². The van der Waals surface area contributed by atoms with Crippen molar-refractivity contribution in [3.05, 3.63) is 55.9 Å². The molecule has 0 bridgehead atoms. The number of carbonyl (C=O) groups excluding carboxylic acids is 1. The summed E-state index contributed by atoms with van der Waals surface area (Å²) in [6, 6.07) is 3.63. The van der Waals surface area contributed by atoms with Crippen LogP contribution in [0, 0.1) is 0 Å². The molecule has 2 heterocycles. The number of benzene rings is 1. The van der Waals surface area contributed by atoms with Crippen LogP contribution >= 0.6 is 0 Å². The number of methoxy groups -OCH3 is 3. The van der Waals surface area contributed by atoms with Crippen molar-refractivity contribution >= 4 is 16.8 Å². The number of carbonyl (C=O) groups is 1. The summed E-state index contributed by atoms with van der Waals surface area (Å²) >= 11 is 0. The second kappa shape index (κ2) is 7.33. The second-order valence-electron chi connectivity index (χ2n) is 7.15. The van der Waals surface area contributed by atoms with Crippen molar-refractivity contribution < 1.29 is 19.0 Å². The minimum Gasteiger partial charge on any atom is -0.493 e. The Bertz CT molecular complexity index is 1270. The molecule has 1 atom stereocenters. The molecule has 9 heteroatoms. The molecule has 9 nitrogen and oxygen atoms in total. The summed E-state index contributed by atoms with van der Waals surface area (Å²) in [5, 5.41) is 0.264. The van der Waals surface area contributed by atoms with Crippen LogP contribution in [0.2, 0.25) is 0 Å². The quantitative estimate of drug-likeness (QED) is 0.693. The van der Waals surface area contributed by atoms with Crippen LogP contribution in [0.1, 0.15) is 33.8 Å². The highest BCUT2D eigenvalue weighted by Gasteiger charge is 2.31. The van der Waals surface area contributed by atoms with Crippen molar-refractivity contribution in [1.29, 1.82) is 0 Å². The zero-order valence-corrected chi connectivity index (χ0v) is 17.1. The molecule has 0 amide bonds. The van der Waals surface area contributed by atoms with E-state index in [4.69, 9.17) is 14.2 Å². The lowest BCUT2D eigenvalue weighted by Crippen LogP contribution is -2.31. The van der Waals surface area contributed by atoms with Gasteiger partial charge < -0.3 is 14.2 Å². The lowest BCUT2D eigenvalue weighted by atomic mass is 9.79. The number of ketones is 1. The van der Waals surface area contributed by atoms with Gasteiger partial charge >= 0.3 is 5.69 Å². The van der Waals surface area contributed by atoms with Gasteiger partial charge in [0.15, 0.2) is 17.3 Å². The van der Waals surface area contributed by atoms with Crippen molar-refractivity contribution in [1.82, 2.24) is 14.5 Å². The Morgan fingerprint density at radius 3 is 2.30 bits per heavy atom. The molecule has 4 rings (SSSR count). The van der Waals surface area contributed by atoms with E-state index in [2.05, 4.69) is 9.97 Å². The van der Waals surface area contributed by atoms with Crippen LogP contribution in [0.3, 0.4) is 0 Å². The average Bonchev–Trinajstić information content (AvgIpc) is 2.75. The van der Waals surface area contributed by atoms with Crippen LogP contribution in [0.5, 0.6) is 17.2 Å². The van der Waals surface area contributed by atoms with Gasteiger partial charge in [-0.05, 0) is 35.6 Å². The maximum atomic E-state index is 12.9. The van der Waals surface area contributed by atoms with Crippen LogP contribution in [0.25, 0.3) is 11.0 Å². The van der Waals surface area contributed by atoms with Crippen molar-refractivity contribution in [2.24, 2.45) is 7.05 Å². The molecule has 0 spiro atoms. The summed E-state index contributed by atoms with van der Waals surface area (Å²) in [4.78, 5) is 43.9. The third kappa shape index (κ3) is 2.94. The molecule has 0 fully saturated rings. The van der Waals surface area contributed by atoms with Crippen LogP contribution < -0.4 is 25.5 Å². The lowest BCUT2D eigenvalue weighted by Gasteiger charge is -2.26. The summed E-state index contributed by atoms with van der Waals surface area (Å²) < 4.78 is 17.5. The van der Waals surface area contributed by atoms with E-state index in [9.17, 15) is 14.4 Å². The number of nitrogens with zero attached hydrogens (tertiary/aromatic N) is 2. The van der Waals surface area contributed by atoms with E-state index in [1.165, 1.54) is 39.1 Å². The minimum absolute atomic E-state index is 0.113. The van der Waals surface area contributed by atoms with Crippen LogP contribution in [0.4, 0.5) is 0 Å².